The van der Waals surface area contributed by atoms with Crippen molar-refractivity contribution in [2.45, 2.75) is 12.7 Å². The van der Waals surface area contributed by atoms with Gasteiger partial charge in [-0.3, -0.25) is 9.10 Å². The number of alkyl halides is 3. The molecule has 2 aromatic rings. The molecule has 0 aliphatic rings. The summed E-state index contributed by atoms with van der Waals surface area (Å²) in [6, 6.07) is 9.12. The van der Waals surface area contributed by atoms with Crippen LogP contribution in [0, 0.1) is 0 Å². The van der Waals surface area contributed by atoms with Crippen molar-refractivity contribution in [3.05, 3.63) is 58.6 Å². The largest absolute Gasteiger partial charge is 0.496 e. The summed E-state index contributed by atoms with van der Waals surface area (Å²) in [7, 11) is -2.64. The van der Waals surface area contributed by atoms with Gasteiger partial charge in [-0.25, -0.2) is 8.42 Å². The summed E-state index contributed by atoms with van der Waals surface area (Å²) in [5.41, 5.74) is -0.872. The van der Waals surface area contributed by atoms with Crippen LogP contribution in [0.4, 0.5) is 18.9 Å². The van der Waals surface area contributed by atoms with Crippen molar-refractivity contribution in [3.63, 3.8) is 0 Å². The number of ether oxygens (including phenoxy) is 1. The monoisotopic (exact) mass is 450 g/mol. The maximum atomic E-state index is 13.0. The number of nitrogens with zero attached hydrogens (tertiary/aromatic N) is 1. The first kappa shape index (κ1) is 22.8. The second-order valence-corrected chi connectivity index (χ2v) is 8.34. The summed E-state index contributed by atoms with van der Waals surface area (Å²) in [5.74, 6) is -0.205. The third-order valence-electron chi connectivity index (χ3n) is 3.90. The minimum Gasteiger partial charge on any atom is -0.496 e. The van der Waals surface area contributed by atoms with E-state index in [2.05, 4.69) is 5.32 Å². The van der Waals surface area contributed by atoms with E-state index in [1.165, 1.54) is 7.11 Å². The van der Waals surface area contributed by atoms with Crippen molar-refractivity contribution in [1.29, 1.82) is 0 Å². The molecule has 6 nitrogen and oxygen atoms in total. The molecule has 158 valence electrons. The van der Waals surface area contributed by atoms with E-state index < -0.39 is 39.9 Å². The standard InChI is InChI=1S/C18H18ClF3N2O4S/c1-28-16-6-4-3-5-12(16)10-23-17(25)11-24(29(2,26)27)15-9-13(18(20,21)22)7-8-14(15)19/h3-9H,10-11H2,1-2H3,(H,23,25). The van der Waals surface area contributed by atoms with Crippen LogP contribution in [0.3, 0.4) is 0 Å². The van der Waals surface area contributed by atoms with Crippen LogP contribution >= 0.6 is 11.6 Å². The zero-order chi connectivity index (χ0) is 21.8. The molecule has 11 heteroatoms. The number of hydrogen-bond acceptors (Lipinski definition) is 4. The zero-order valence-electron chi connectivity index (χ0n) is 15.5. The molecule has 1 amide bonds. The molecule has 0 aliphatic carbocycles. The van der Waals surface area contributed by atoms with Gasteiger partial charge in [0.1, 0.15) is 12.3 Å². The average Bonchev–Trinajstić information content (AvgIpc) is 2.63. The molecule has 0 spiro atoms. The molecule has 0 fully saturated rings. The number of nitrogens with one attached hydrogen (secondary N) is 1. The van der Waals surface area contributed by atoms with Crippen molar-refractivity contribution in [2.24, 2.45) is 0 Å². The molecule has 0 saturated heterocycles. The first-order valence-electron chi connectivity index (χ1n) is 8.16. The Morgan fingerprint density at radius 3 is 2.45 bits per heavy atom. The Labute approximate surface area is 171 Å². The van der Waals surface area contributed by atoms with Crippen LogP contribution in [-0.2, 0) is 27.5 Å². The number of anilines is 1. The highest BCUT2D eigenvalue weighted by Gasteiger charge is 2.33. The topological polar surface area (TPSA) is 75.7 Å². The SMILES string of the molecule is COc1ccccc1CNC(=O)CN(c1cc(C(F)(F)F)ccc1Cl)S(C)(=O)=O. The molecular formula is C18H18ClF3N2O4S. The van der Waals surface area contributed by atoms with Gasteiger partial charge in [0, 0.05) is 12.1 Å². The summed E-state index contributed by atoms with van der Waals surface area (Å²) in [5, 5.41) is 2.28. The second kappa shape index (κ2) is 8.91. The molecule has 0 bridgehead atoms. The maximum Gasteiger partial charge on any atom is 0.416 e. The Hall–Kier alpha value is -2.46. The third kappa shape index (κ3) is 6.01. The molecule has 0 unspecified atom stereocenters. The molecule has 0 heterocycles. The van der Waals surface area contributed by atoms with Gasteiger partial charge in [-0.15, -0.1) is 0 Å². The van der Waals surface area contributed by atoms with Gasteiger partial charge in [-0.1, -0.05) is 29.8 Å². The molecule has 0 saturated carbocycles. The van der Waals surface area contributed by atoms with Crippen LogP contribution in [0.25, 0.3) is 0 Å². The first-order valence-corrected chi connectivity index (χ1v) is 10.4. The number of methoxy groups -OCH3 is 1. The summed E-state index contributed by atoms with van der Waals surface area (Å²) >= 11 is 5.92. The van der Waals surface area contributed by atoms with Gasteiger partial charge in [-0.2, -0.15) is 13.2 Å². The number of halogens is 4. The van der Waals surface area contributed by atoms with Crippen molar-refractivity contribution < 1.29 is 31.1 Å². The maximum absolute atomic E-state index is 13.0. The van der Waals surface area contributed by atoms with Crippen molar-refractivity contribution in [2.75, 3.05) is 24.2 Å². The van der Waals surface area contributed by atoms with Crippen LogP contribution in [0.5, 0.6) is 5.75 Å². The fraction of sp³-hybridized carbons (Fsp3) is 0.278. The highest BCUT2D eigenvalue weighted by atomic mass is 35.5. The lowest BCUT2D eigenvalue weighted by molar-refractivity contribution is -0.137. The van der Waals surface area contributed by atoms with Gasteiger partial charge in [0.05, 0.1) is 29.6 Å². The van der Waals surface area contributed by atoms with Crippen molar-refractivity contribution in [1.82, 2.24) is 5.32 Å². The summed E-state index contributed by atoms with van der Waals surface area (Å²) < 4.78 is 69.0. The lowest BCUT2D eigenvalue weighted by atomic mass is 10.2. The van der Waals surface area contributed by atoms with Crippen LogP contribution in [-0.4, -0.2) is 34.2 Å². The van der Waals surface area contributed by atoms with E-state index in [1.807, 2.05) is 0 Å². The van der Waals surface area contributed by atoms with Gasteiger partial charge < -0.3 is 10.1 Å². The van der Waals surface area contributed by atoms with Gasteiger partial charge in [0.2, 0.25) is 15.9 Å². The number of carbonyl (C=O) groups is 1. The quantitative estimate of drug-likeness (QED) is 0.701. The highest BCUT2D eigenvalue weighted by Crippen LogP contribution is 2.36. The van der Waals surface area contributed by atoms with Gasteiger partial charge >= 0.3 is 6.18 Å². The highest BCUT2D eigenvalue weighted by molar-refractivity contribution is 7.92. The molecule has 2 aromatic carbocycles. The summed E-state index contributed by atoms with van der Waals surface area (Å²) in [6.45, 7) is -0.703. The van der Waals surface area contributed by atoms with E-state index >= 15 is 0 Å². The summed E-state index contributed by atoms with van der Waals surface area (Å²) in [6.07, 6.45) is -3.92. The van der Waals surface area contributed by atoms with Crippen LogP contribution in [0.15, 0.2) is 42.5 Å². The lowest BCUT2D eigenvalue weighted by Gasteiger charge is -2.24. The van der Waals surface area contributed by atoms with Crippen LogP contribution < -0.4 is 14.4 Å². The minimum absolute atomic E-state index is 0.0385. The van der Waals surface area contributed by atoms with Crippen LogP contribution in [0.1, 0.15) is 11.1 Å². The fourth-order valence-electron chi connectivity index (χ4n) is 2.49. The van der Waals surface area contributed by atoms with Crippen molar-refractivity contribution >= 4 is 33.2 Å². The molecular weight excluding hydrogens is 433 g/mol. The number of sulfonamides is 1. The Morgan fingerprint density at radius 2 is 1.86 bits per heavy atom. The predicted octanol–water partition coefficient (Wildman–Crippen LogP) is 3.45. The summed E-state index contributed by atoms with van der Waals surface area (Å²) in [4.78, 5) is 12.3. The number of amides is 1. The normalized spacial score (nSPS) is 11.8. The second-order valence-electron chi connectivity index (χ2n) is 6.02. The van der Waals surface area contributed by atoms with E-state index in [4.69, 9.17) is 16.3 Å². The number of carbonyl (C=O) groups excluding carboxylic acids is 1. The van der Waals surface area contributed by atoms with Gasteiger partial charge in [0.25, 0.3) is 0 Å². The molecule has 29 heavy (non-hydrogen) atoms. The molecule has 0 radical (unpaired) electrons. The number of hydrogen-bond donors (Lipinski definition) is 1. The number of para-hydroxylation sites is 1. The third-order valence-corrected chi connectivity index (χ3v) is 5.34. The Bertz CT molecular complexity index is 997. The van der Waals surface area contributed by atoms with E-state index in [0.29, 0.717) is 21.7 Å². The lowest BCUT2D eigenvalue weighted by Crippen LogP contribution is -2.40. The number of rotatable bonds is 7. The smallest absolute Gasteiger partial charge is 0.416 e. The minimum atomic E-state index is -4.70. The Kier molecular flexibility index (Phi) is 7.02. The average molecular weight is 451 g/mol. The van der Waals surface area contributed by atoms with E-state index in [0.717, 1.165) is 18.4 Å². The molecule has 2 rings (SSSR count). The zero-order valence-corrected chi connectivity index (χ0v) is 17.0. The Morgan fingerprint density at radius 1 is 1.21 bits per heavy atom. The number of benzene rings is 2. The predicted molar refractivity (Wildman–Crippen MR) is 103 cm³/mol. The fourth-order valence-corrected chi connectivity index (χ4v) is 3.62. The molecule has 0 atom stereocenters. The Balaban J connectivity index is 2.25. The van der Waals surface area contributed by atoms with E-state index in [1.54, 1.807) is 24.3 Å². The van der Waals surface area contributed by atoms with E-state index in [-0.39, 0.29) is 11.6 Å². The van der Waals surface area contributed by atoms with Crippen LogP contribution in [0.2, 0.25) is 5.02 Å². The van der Waals surface area contributed by atoms with Gasteiger partial charge in [0.15, 0.2) is 0 Å². The molecule has 0 aliphatic heterocycles. The van der Waals surface area contributed by atoms with Crippen molar-refractivity contribution in [3.8, 4) is 5.75 Å². The molecule has 1 N–H and O–H groups in total. The van der Waals surface area contributed by atoms with E-state index in [9.17, 15) is 26.4 Å². The van der Waals surface area contributed by atoms with Gasteiger partial charge in [-0.05, 0) is 24.3 Å². The first-order chi connectivity index (χ1) is 13.4. The molecule has 0 aromatic heterocycles.